The summed E-state index contributed by atoms with van der Waals surface area (Å²) in [5, 5.41) is 1.24. The Morgan fingerprint density at radius 2 is 2.12 bits per heavy atom. The zero-order valence-electron chi connectivity index (χ0n) is 9.37. The lowest BCUT2D eigenvalue weighted by Crippen LogP contribution is -2.02. The summed E-state index contributed by atoms with van der Waals surface area (Å²) in [5.41, 5.74) is 2.31. The molecule has 1 aromatic heterocycles. The molecule has 0 N–H and O–H groups in total. The molecule has 1 aliphatic carbocycles. The van der Waals surface area contributed by atoms with Gasteiger partial charge in [-0.3, -0.25) is 0 Å². The lowest BCUT2D eigenvalue weighted by Gasteiger charge is -2.09. The normalized spacial score (nSPS) is 25.4. The quantitative estimate of drug-likeness (QED) is 0.685. The molecule has 2 aromatic rings. The first-order valence-corrected chi connectivity index (χ1v) is 6.80. The Morgan fingerprint density at radius 3 is 2.88 bits per heavy atom. The topological polar surface area (TPSA) is 13.1 Å². The molecule has 84 valence electrons. The summed E-state index contributed by atoms with van der Waals surface area (Å²) in [7, 11) is 0. The van der Waals surface area contributed by atoms with Crippen LogP contribution in [0.5, 0.6) is 0 Å². The maximum atomic E-state index is 5.95. The van der Waals surface area contributed by atoms with E-state index in [1.165, 1.54) is 30.2 Å². The van der Waals surface area contributed by atoms with E-state index in [2.05, 4.69) is 47.1 Å². The molecule has 1 aliphatic rings. The van der Waals surface area contributed by atoms with Crippen LogP contribution in [0.2, 0.25) is 0 Å². The monoisotopic (exact) mass is 278 g/mol. The molecule has 0 aliphatic heterocycles. The first-order valence-electron chi connectivity index (χ1n) is 5.88. The molecule has 16 heavy (non-hydrogen) atoms. The van der Waals surface area contributed by atoms with Crippen molar-refractivity contribution in [3.63, 3.8) is 0 Å². The molecule has 3 rings (SSSR count). The number of halogens is 1. The molecular formula is C14H15BrO. The van der Waals surface area contributed by atoms with Gasteiger partial charge in [0.25, 0.3) is 0 Å². The van der Waals surface area contributed by atoms with E-state index in [1.54, 1.807) is 0 Å². The number of rotatable bonds is 1. The summed E-state index contributed by atoms with van der Waals surface area (Å²) in [5.74, 6) is 1.72. The number of benzene rings is 1. The van der Waals surface area contributed by atoms with Crippen molar-refractivity contribution < 1.29 is 4.42 Å². The van der Waals surface area contributed by atoms with E-state index in [9.17, 15) is 0 Å². The second kappa shape index (κ2) is 3.92. The number of hydrogen-bond donors (Lipinski definition) is 0. The smallest absolute Gasteiger partial charge is 0.134 e. The van der Waals surface area contributed by atoms with Gasteiger partial charge in [-0.15, -0.1) is 0 Å². The Kier molecular flexibility index (Phi) is 2.55. The standard InChI is InChI=1S/C14H15BrO/c1-9-5-6-13-10(7-9)8-14(16-13)11-3-2-4-12(11)15/h5-8,11-12H,2-4H2,1H3. The second-order valence-electron chi connectivity index (χ2n) is 4.74. The van der Waals surface area contributed by atoms with Gasteiger partial charge in [0, 0.05) is 16.1 Å². The molecule has 2 atom stereocenters. The summed E-state index contributed by atoms with van der Waals surface area (Å²) in [6, 6.07) is 8.59. The molecule has 1 aromatic carbocycles. The van der Waals surface area contributed by atoms with Gasteiger partial charge in [-0.2, -0.15) is 0 Å². The highest BCUT2D eigenvalue weighted by Crippen LogP contribution is 2.41. The Morgan fingerprint density at radius 1 is 1.25 bits per heavy atom. The predicted molar refractivity (Wildman–Crippen MR) is 70.3 cm³/mol. The van der Waals surface area contributed by atoms with Gasteiger partial charge >= 0.3 is 0 Å². The highest BCUT2D eigenvalue weighted by Gasteiger charge is 2.29. The molecule has 0 radical (unpaired) electrons. The van der Waals surface area contributed by atoms with Crippen LogP contribution in [0.3, 0.4) is 0 Å². The molecule has 2 unspecified atom stereocenters. The number of fused-ring (bicyclic) bond motifs is 1. The maximum absolute atomic E-state index is 5.95. The van der Waals surface area contributed by atoms with E-state index in [0.29, 0.717) is 10.7 Å². The average Bonchev–Trinajstić information content (AvgIpc) is 2.82. The highest BCUT2D eigenvalue weighted by atomic mass is 79.9. The molecule has 2 heteroatoms. The van der Waals surface area contributed by atoms with Crippen LogP contribution < -0.4 is 0 Å². The van der Waals surface area contributed by atoms with Crippen LogP contribution in [-0.2, 0) is 0 Å². The van der Waals surface area contributed by atoms with Gasteiger partial charge in [-0.25, -0.2) is 0 Å². The minimum absolute atomic E-state index is 0.563. The Labute approximate surface area is 104 Å². The van der Waals surface area contributed by atoms with Crippen LogP contribution in [0, 0.1) is 6.92 Å². The van der Waals surface area contributed by atoms with Gasteiger partial charge in [0.05, 0.1) is 0 Å². The van der Waals surface area contributed by atoms with Crippen molar-refractivity contribution in [2.24, 2.45) is 0 Å². The molecule has 0 saturated heterocycles. The van der Waals surface area contributed by atoms with Crippen LogP contribution >= 0.6 is 15.9 Å². The fraction of sp³-hybridized carbons (Fsp3) is 0.429. The fourth-order valence-corrected chi connectivity index (χ4v) is 3.45. The first-order chi connectivity index (χ1) is 7.74. The summed E-state index contributed by atoms with van der Waals surface area (Å²) < 4.78 is 5.95. The molecule has 1 nitrogen and oxygen atoms in total. The Bertz CT molecular complexity index is 514. The van der Waals surface area contributed by atoms with Crippen molar-refractivity contribution in [3.05, 3.63) is 35.6 Å². The summed E-state index contributed by atoms with van der Waals surface area (Å²) in [6.45, 7) is 2.12. The van der Waals surface area contributed by atoms with Gasteiger partial charge in [-0.1, -0.05) is 34.0 Å². The SMILES string of the molecule is Cc1ccc2oc(C3CCCC3Br)cc2c1. The molecule has 0 spiro atoms. The predicted octanol–water partition coefficient (Wildman–Crippen LogP) is 4.77. The van der Waals surface area contributed by atoms with E-state index in [1.807, 2.05) is 0 Å². The zero-order chi connectivity index (χ0) is 11.1. The molecule has 1 fully saturated rings. The van der Waals surface area contributed by atoms with E-state index < -0.39 is 0 Å². The van der Waals surface area contributed by atoms with Crippen LogP contribution in [0.25, 0.3) is 11.0 Å². The lowest BCUT2D eigenvalue weighted by molar-refractivity contribution is 0.500. The average molecular weight is 279 g/mol. The summed E-state index contributed by atoms with van der Waals surface area (Å²) >= 11 is 3.75. The maximum Gasteiger partial charge on any atom is 0.134 e. The summed E-state index contributed by atoms with van der Waals surface area (Å²) in [6.07, 6.45) is 3.81. The Hall–Kier alpha value is -0.760. The number of hydrogen-bond acceptors (Lipinski definition) is 1. The van der Waals surface area contributed by atoms with Crippen LogP contribution in [0.1, 0.15) is 36.5 Å². The van der Waals surface area contributed by atoms with Gasteiger partial charge in [0.1, 0.15) is 11.3 Å². The number of furan rings is 1. The molecule has 1 heterocycles. The number of aryl methyl sites for hydroxylation is 1. The Balaban J connectivity index is 2.04. The van der Waals surface area contributed by atoms with E-state index in [-0.39, 0.29) is 0 Å². The third kappa shape index (κ3) is 1.69. The number of alkyl halides is 1. The minimum Gasteiger partial charge on any atom is -0.461 e. The van der Waals surface area contributed by atoms with Crippen LogP contribution in [0.4, 0.5) is 0 Å². The summed E-state index contributed by atoms with van der Waals surface area (Å²) in [4.78, 5) is 0.592. The van der Waals surface area contributed by atoms with Gasteiger partial charge in [0.2, 0.25) is 0 Å². The third-order valence-electron chi connectivity index (χ3n) is 3.49. The van der Waals surface area contributed by atoms with Crippen molar-refractivity contribution in [3.8, 4) is 0 Å². The van der Waals surface area contributed by atoms with Crippen LogP contribution in [-0.4, -0.2) is 4.83 Å². The van der Waals surface area contributed by atoms with Gasteiger partial charge in [-0.05, 0) is 38.0 Å². The molecule has 1 saturated carbocycles. The second-order valence-corrected chi connectivity index (χ2v) is 5.92. The lowest BCUT2D eigenvalue weighted by atomic mass is 10.0. The van der Waals surface area contributed by atoms with Gasteiger partial charge < -0.3 is 4.42 Å². The fourth-order valence-electron chi connectivity index (χ4n) is 2.60. The highest BCUT2D eigenvalue weighted by molar-refractivity contribution is 9.09. The van der Waals surface area contributed by atoms with Crippen molar-refractivity contribution in [1.82, 2.24) is 0 Å². The van der Waals surface area contributed by atoms with Gasteiger partial charge in [0.15, 0.2) is 0 Å². The van der Waals surface area contributed by atoms with E-state index in [4.69, 9.17) is 4.42 Å². The van der Waals surface area contributed by atoms with Crippen molar-refractivity contribution in [1.29, 1.82) is 0 Å². The minimum atomic E-state index is 0.563. The largest absolute Gasteiger partial charge is 0.461 e. The van der Waals surface area contributed by atoms with Crippen molar-refractivity contribution in [2.45, 2.75) is 36.9 Å². The molecular weight excluding hydrogens is 264 g/mol. The van der Waals surface area contributed by atoms with Crippen molar-refractivity contribution in [2.75, 3.05) is 0 Å². The first kappa shape index (κ1) is 10.4. The van der Waals surface area contributed by atoms with Crippen molar-refractivity contribution >= 4 is 26.9 Å². The third-order valence-corrected chi connectivity index (χ3v) is 4.58. The zero-order valence-corrected chi connectivity index (χ0v) is 11.0. The van der Waals surface area contributed by atoms with E-state index >= 15 is 0 Å². The molecule has 0 bridgehead atoms. The van der Waals surface area contributed by atoms with E-state index in [0.717, 1.165) is 11.3 Å². The molecule has 0 amide bonds. The van der Waals surface area contributed by atoms with Crippen LogP contribution in [0.15, 0.2) is 28.7 Å².